The lowest BCUT2D eigenvalue weighted by molar-refractivity contribution is 0.0780. The summed E-state index contributed by atoms with van der Waals surface area (Å²) in [7, 11) is 7.47. The predicted molar refractivity (Wildman–Crippen MR) is 71.8 cm³/mol. The predicted octanol–water partition coefficient (Wildman–Crippen LogP) is 0.460. The molecule has 1 N–H and O–H groups in total. The van der Waals surface area contributed by atoms with Crippen LogP contribution in [0, 0.1) is 6.92 Å². The molecule has 0 unspecified atom stereocenters. The number of anilines is 1. The summed E-state index contributed by atoms with van der Waals surface area (Å²) < 4.78 is 0. The number of likely N-dealkylation sites (N-methyl/N-ethyl adjacent to an activating group) is 2. The van der Waals surface area contributed by atoms with E-state index in [0.717, 1.165) is 12.2 Å². The zero-order valence-electron chi connectivity index (χ0n) is 11.7. The SMILES string of the molecule is CNc1nc(C)cc(C(=O)N(C)CCN(C)C)n1. The van der Waals surface area contributed by atoms with Crippen LogP contribution in [0.2, 0.25) is 0 Å². The van der Waals surface area contributed by atoms with Crippen molar-refractivity contribution in [2.75, 3.05) is 46.6 Å². The van der Waals surface area contributed by atoms with E-state index in [4.69, 9.17) is 0 Å². The van der Waals surface area contributed by atoms with Crippen LogP contribution in [-0.2, 0) is 0 Å². The highest BCUT2D eigenvalue weighted by atomic mass is 16.2. The Balaban J connectivity index is 2.79. The number of rotatable bonds is 5. The molecule has 1 heterocycles. The van der Waals surface area contributed by atoms with E-state index in [0.29, 0.717) is 18.2 Å². The third-order valence-corrected chi connectivity index (χ3v) is 2.53. The number of aryl methyl sites for hydroxylation is 1. The highest BCUT2D eigenvalue weighted by Crippen LogP contribution is 2.06. The maximum Gasteiger partial charge on any atom is 0.272 e. The van der Waals surface area contributed by atoms with Crippen molar-refractivity contribution < 1.29 is 4.79 Å². The van der Waals surface area contributed by atoms with Gasteiger partial charge in [-0.15, -0.1) is 0 Å². The standard InChI is InChI=1S/C12H21N5O/c1-9-8-10(15-12(13-2)14-9)11(18)17(5)7-6-16(3)4/h8H,6-7H2,1-5H3,(H,13,14,15). The Hall–Kier alpha value is -1.69. The molecule has 0 bridgehead atoms. The maximum absolute atomic E-state index is 12.2. The first-order valence-electron chi connectivity index (χ1n) is 5.87. The molecular weight excluding hydrogens is 230 g/mol. The summed E-state index contributed by atoms with van der Waals surface area (Å²) in [5, 5.41) is 2.85. The van der Waals surface area contributed by atoms with E-state index in [-0.39, 0.29) is 5.91 Å². The molecule has 0 fully saturated rings. The smallest absolute Gasteiger partial charge is 0.272 e. The van der Waals surface area contributed by atoms with Gasteiger partial charge in [-0.25, -0.2) is 9.97 Å². The molecule has 1 aromatic heterocycles. The van der Waals surface area contributed by atoms with Crippen molar-refractivity contribution >= 4 is 11.9 Å². The Morgan fingerprint density at radius 2 is 1.94 bits per heavy atom. The molecule has 100 valence electrons. The zero-order valence-corrected chi connectivity index (χ0v) is 11.7. The van der Waals surface area contributed by atoms with Gasteiger partial charge in [0, 0.05) is 32.9 Å². The molecule has 0 aliphatic heterocycles. The molecule has 1 amide bonds. The molecule has 0 aliphatic rings. The summed E-state index contributed by atoms with van der Waals surface area (Å²) in [5.41, 5.74) is 1.20. The second-order valence-electron chi connectivity index (χ2n) is 4.50. The van der Waals surface area contributed by atoms with E-state index >= 15 is 0 Å². The lowest BCUT2D eigenvalue weighted by Crippen LogP contribution is -2.34. The summed E-state index contributed by atoms with van der Waals surface area (Å²) in [5.74, 6) is 0.387. The average molecular weight is 251 g/mol. The minimum absolute atomic E-state index is 0.0844. The van der Waals surface area contributed by atoms with Gasteiger partial charge in [-0.05, 0) is 27.1 Å². The minimum Gasteiger partial charge on any atom is -0.357 e. The number of hydrogen-bond acceptors (Lipinski definition) is 5. The van der Waals surface area contributed by atoms with Gasteiger partial charge in [0.1, 0.15) is 5.69 Å². The van der Waals surface area contributed by atoms with Crippen LogP contribution in [0.3, 0.4) is 0 Å². The van der Waals surface area contributed by atoms with Gasteiger partial charge in [0.25, 0.3) is 5.91 Å². The molecule has 1 rings (SSSR count). The van der Waals surface area contributed by atoms with Crippen molar-refractivity contribution in [1.29, 1.82) is 0 Å². The van der Waals surface area contributed by atoms with Crippen LogP contribution >= 0.6 is 0 Å². The highest BCUT2D eigenvalue weighted by Gasteiger charge is 2.14. The Bertz CT molecular complexity index is 419. The van der Waals surface area contributed by atoms with Crippen LogP contribution in [-0.4, -0.2) is 67.0 Å². The summed E-state index contributed by atoms with van der Waals surface area (Å²) in [6.07, 6.45) is 0. The molecule has 0 aliphatic carbocycles. The molecule has 0 atom stereocenters. The Morgan fingerprint density at radius 1 is 1.28 bits per heavy atom. The van der Waals surface area contributed by atoms with Crippen molar-refractivity contribution in [3.05, 3.63) is 17.5 Å². The number of aromatic nitrogens is 2. The number of nitrogens with zero attached hydrogens (tertiary/aromatic N) is 4. The van der Waals surface area contributed by atoms with E-state index in [1.165, 1.54) is 0 Å². The number of hydrogen-bond donors (Lipinski definition) is 1. The molecule has 18 heavy (non-hydrogen) atoms. The van der Waals surface area contributed by atoms with Crippen LogP contribution in [0.25, 0.3) is 0 Å². The van der Waals surface area contributed by atoms with Crippen molar-refractivity contribution in [2.45, 2.75) is 6.92 Å². The molecule has 0 spiro atoms. The molecule has 6 heteroatoms. The fourth-order valence-electron chi connectivity index (χ4n) is 1.44. The van der Waals surface area contributed by atoms with Gasteiger partial charge in [-0.1, -0.05) is 0 Å². The molecule has 0 aromatic carbocycles. The van der Waals surface area contributed by atoms with Crippen LogP contribution in [0.1, 0.15) is 16.2 Å². The van der Waals surface area contributed by atoms with E-state index in [9.17, 15) is 4.79 Å². The van der Waals surface area contributed by atoms with Gasteiger partial charge < -0.3 is 15.1 Å². The normalized spacial score (nSPS) is 10.6. The second-order valence-corrected chi connectivity index (χ2v) is 4.50. The van der Waals surface area contributed by atoms with Crippen LogP contribution in [0.15, 0.2) is 6.07 Å². The number of amides is 1. The topological polar surface area (TPSA) is 61.4 Å². The molecule has 6 nitrogen and oxygen atoms in total. The van der Waals surface area contributed by atoms with Gasteiger partial charge in [-0.3, -0.25) is 4.79 Å². The fraction of sp³-hybridized carbons (Fsp3) is 0.583. The van der Waals surface area contributed by atoms with E-state index in [1.807, 2.05) is 25.9 Å². The van der Waals surface area contributed by atoms with Crippen molar-refractivity contribution in [2.24, 2.45) is 0 Å². The third kappa shape index (κ3) is 3.96. The van der Waals surface area contributed by atoms with Gasteiger partial charge in [-0.2, -0.15) is 0 Å². The van der Waals surface area contributed by atoms with Crippen molar-refractivity contribution in [1.82, 2.24) is 19.8 Å². The number of carbonyl (C=O) groups is 1. The monoisotopic (exact) mass is 251 g/mol. The molecule has 0 radical (unpaired) electrons. The van der Waals surface area contributed by atoms with Crippen molar-refractivity contribution in [3.8, 4) is 0 Å². The first-order chi connectivity index (χ1) is 8.43. The van der Waals surface area contributed by atoms with E-state index < -0.39 is 0 Å². The quantitative estimate of drug-likeness (QED) is 0.824. The lowest BCUT2D eigenvalue weighted by atomic mass is 10.3. The molecule has 0 saturated heterocycles. The van der Waals surface area contributed by atoms with E-state index in [1.54, 1.807) is 25.1 Å². The Labute approximate surface area is 108 Å². The average Bonchev–Trinajstić information content (AvgIpc) is 2.34. The summed E-state index contributed by atoms with van der Waals surface area (Å²) in [6.45, 7) is 3.34. The van der Waals surface area contributed by atoms with Gasteiger partial charge >= 0.3 is 0 Å². The minimum atomic E-state index is -0.0844. The van der Waals surface area contributed by atoms with Crippen molar-refractivity contribution in [3.63, 3.8) is 0 Å². The van der Waals surface area contributed by atoms with Crippen LogP contribution in [0.5, 0.6) is 0 Å². The van der Waals surface area contributed by atoms with Crippen LogP contribution < -0.4 is 5.32 Å². The second kappa shape index (κ2) is 6.30. The van der Waals surface area contributed by atoms with Gasteiger partial charge in [0.15, 0.2) is 0 Å². The van der Waals surface area contributed by atoms with Gasteiger partial charge in [0.05, 0.1) is 0 Å². The first-order valence-corrected chi connectivity index (χ1v) is 5.87. The number of nitrogens with one attached hydrogen (secondary N) is 1. The highest BCUT2D eigenvalue weighted by molar-refractivity contribution is 5.92. The third-order valence-electron chi connectivity index (χ3n) is 2.53. The van der Waals surface area contributed by atoms with Gasteiger partial charge in [0.2, 0.25) is 5.95 Å². The molecular formula is C12H21N5O. The summed E-state index contributed by atoms with van der Waals surface area (Å²) >= 11 is 0. The summed E-state index contributed by atoms with van der Waals surface area (Å²) in [6, 6.07) is 1.70. The van der Waals surface area contributed by atoms with Crippen LogP contribution in [0.4, 0.5) is 5.95 Å². The summed E-state index contributed by atoms with van der Waals surface area (Å²) in [4.78, 5) is 24.2. The molecule has 1 aromatic rings. The fourth-order valence-corrected chi connectivity index (χ4v) is 1.44. The Kier molecular flexibility index (Phi) is 5.03. The zero-order chi connectivity index (χ0) is 13.7. The molecule has 0 saturated carbocycles. The first kappa shape index (κ1) is 14.4. The van der Waals surface area contributed by atoms with E-state index in [2.05, 4.69) is 15.3 Å². The lowest BCUT2D eigenvalue weighted by Gasteiger charge is -2.19. The Morgan fingerprint density at radius 3 is 2.50 bits per heavy atom. The maximum atomic E-state index is 12.2. The number of carbonyl (C=O) groups excluding carboxylic acids is 1. The largest absolute Gasteiger partial charge is 0.357 e.